The van der Waals surface area contributed by atoms with Crippen LogP contribution in [0.4, 0.5) is 26.3 Å². The van der Waals surface area contributed by atoms with Crippen molar-refractivity contribution in [3.63, 3.8) is 0 Å². The number of benzene rings is 1. The quantitative estimate of drug-likeness (QED) is 0.851. The van der Waals surface area contributed by atoms with Crippen LogP contribution in [0.3, 0.4) is 0 Å². The minimum atomic E-state index is -4.97. The minimum Gasteiger partial charge on any atom is -0.550 e. The molecule has 1 aromatic carbocycles. The van der Waals surface area contributed by atoms with E-state index in [1.807, 2.05) is 0 Å². The van der Waals surface area contributed by atoms with Crippen molar-refractivity contribution in [2.75, 3.05) is 0 Å². The molecule has 112 valence electrons. The zero-order valence-corrected chi connectivity index (χ0v) is 9.81. The van der Waals surface area contributed by atoms with Crippen LogP contribution in [0.15, 0.2) is 18.2 Å². The molecule has 0 radical (unpaired) electrons. The third kappa shape index (κ3) is 4.12. The Morgan fingerprint density at radius 2 is 1.45 bits per heavy atom. The number of rotatable bonds is 3. The Labute approximate surface area is 109 Å². The lowest BCUT2D eigenvalue weighted by molar-refractivity contribution is -0.430. The SMILES string of the molecule is [NH3+][C@H](CC(=O)[O-])c1cc(C(F)(F)F)cc(C(F)(F)F)c1. The van der Waals surface area contributed by atoms with E-state index in [4.69, 9.17) is 0 Å². The van der Waals surface area contributed by atoms with Gasteiger partial charge < -0.3 is 15.6 Å². The number of aliphatic carboxylic acids is 1. The van der Waals surface area contributed by atoms with Crippen LogP contribution in [0.5, 0.6) is 0 Å². The van der Waals surface area contributed by atoms with Crippen LogP contribution in [0, 0.1) is 0 Å². The van der Waals surface area contributed by atoms with Gasteiger partial charge in [-0.2, -0.15) is 26.3 Å². The van der Waals surface area contributed by atoms with E-state index < -0.39 is 47.5 Å². The molecule has 0 spiro atoms. The fraction of sp³-hybridized carbons (Fsp3) is 0.364. The summed E-state index contributed by atoms with van der Waals surface area (Å²) in [5.74, 6) is -1.61. The van der Waals surface area contributed by atoms with Gasteiger partial charge in [0.15, 0.2) is 0 Å². The lowest BCUT2D eigenvalue weighted by atomic mass is 9.98. The second-order valence-electron chi connectivity index (χ2n) is 4.11. The van der Waals surface area contributed by atoms with Crippen molar-refractivity contribution in [1.82, 2.24) is 0 Å². The number of alkyl halides is 6. The molecule has 0 aliphatic rings. The summed E-state index contributed by atoms with van der Waals surface area (Å²) in [5, 5.41) is 10.4. The highest BCUT2D eigenvalue weighted by molar-refractivity contribution is 5.65. The molecule has 1 rings (SSSR count). The van der Waals surface area contributed by atoms with E-state index >= 15 is 0 Å². The van der Waals surface area contributed by atoms with Crippen molar-refractivity contribution < 1.29 is 42.0 Å². The minimum absolute atomic E-state index is 0.0325. The first-order valence-corrected chi connectivity index (χ1v) is 5.23. The third-order valence-electron chi connectivity index (χ3n) is 2.49. The van der Waals surface area contributed by atoms with E-state index in [0.29, 0.717) is 12.1 Å². The number of halogens is 6. The molecule has 0 saturated carbocycles. The van der Waals surface area contributed by atoms with Crippen molar-refractivity contribution in [3.05, 3.63) is 34.9 Å². The van der Waals surface area contributed by atoms with E-state index in [9.17, 15) is 36.2 Å². The summed E-state index contributed by atoms with van der Waals surface area (Å²) in [4.78, 5) is 10.4. The Kier molecular flexibility index (Phi) is 4.33. The van der Waals surface area contributed by atoms with E-state index in [-0.39, 0.29) is 6.07 Å². The Morgan fingerprint density at radius 1 is 1.05 bits per heavy atom. The van der Waals surface area contributed by atoms with Crippen molar-refractivity contribution in [2.24, 2.45) is 0 Å². The number of carboxylic acid groups (broad SMARTS) is 1. The molecule has 0 heterocycles. The monoisotopic (exact) mass is 301 g/mol. The molecule has 0 amide bonds. The van der Waals surface area contributed by atoms with Crippen LogP contribution in [-0.4, -0.2) is 5.97 Å². The number of carbonyl (C=O) groups is 1. The number of hydrogen-bond donors (Lipinski definition) is 1. The molecule has 0 aliphatic carbocycles. The van der Waals surface area contributed by atoms with Crippen molar-refractivity contribution in [1.29, 1.82) is 0 Å². The first-order valence-electron chi connectivity index (χ1n) is 5.23. The van der Waals surface area contributed by atoms with Crippen molar-refractivity contribution >= 4 is 5.97 Å². The zero-order valence-electron chi connectivity index (χ0n) is 9.81. The molecule has 0 unspecified atom stereocenters. The summed E-state index contributed by atoms with van der Waals surface area (Å²) in [6.07, 6.45) is -10.7. The topological polar surface area (TPSA) is 67.8 Å². The van der Waals surface area contributed by atoms with E-state index in [2.05, 4.69) is 5.73 Å². The van der Waals surface area contributed by atoms with Crippen LogP contribution in [-0.2, 0) is 17.1 Å². The first-order chi connectivity index (χ1) is 8.91. The largest absolute Gasteiger partial charge is 0.550 e. The van der Waals surface area contributed by atoms with Crippen LogP contribution >= 0.6 is 0 Å². The second kappa shape index (κ2) is 5.31. The van der Waals surface area contributed by atoms with E-state index in [1.165, 1.54) is 0 Å². The smallest absolute Gasteiger partial charge is 0.416 e. The summed E-state index contributed by atoms with van der Waals surface area (Å²) >= 11 is 0. The van der Waals surface area contributed by atoms with Crippen LogP contribution in [0.2, 0.25) is 0 Å². The summed E-state index contributed by atoms with van der Waals surface area (Å²) in [7, 11) is 0. The third-order valence-corrected chi connectivity index (χ3v) is 2.49. The van der Waals surface area contributed by atoms with Crippen molar-refractivity contribution in [2.45, 2.75) is 24.8 Å². The second-order valence-corrected chi connectivity index (χ2v) is 4.11. The molecule has 3 N–H and O–H groups in total. The molecule has 0 saturated heterocycles. The predicted molar refractivity (Wildman–Crippen MR) is 51.7 cm³/mol. The molecule has 1 atom stereocenters. The van der Waals surface area contributed by atoms with Gasteiger partial charge in [-0.25, -0.2) is 0 Å². The standard InChI is InChI=1S/C11H9F6NO2/c12-10(13,14)6-1-5(8(18)4-9(19)20)2-7(3-6)11(15,16)17/h1-3,8H,4,18H2,(H,19,20)/t8-/m1/s1. The number of carbonyl (C=O) groups excluding carboxylic acids is 1. The molecule has 0 aromatic heterocycles. The van der Waals surface area contributed by atoms with Gasteiger partial charge in [-0.1, -0.05) is 0 Å². The van der Waals surface area contributed by atoms with Crippen LogP contribution < -0.4 is 10.8 Å². The van der Waals surface area contributed by atoms with Gasteiger partial charge in [0.2, 0.25) is 0 Å². The average molecular weight is 301 g/mol. The van der Waals surface area contributed by atoms with Crippen LogP contribution in [0.1, 0.15) is 29.2 Å². The average Bonchev–Trinajstić information content (AvgIpc) is 2.25. The highest BCUT2D eigenvalue weighted by atomic mass is 19.4. The first kappa shape index (κ1) is 16.3. The van der Waals surface area contributed by atoms with Gasteiger partial charge in [0, 0.05) is 18.0 Å². The zero-order chi connectivity index (χ0) is 15.7. The fourth-order valence-electron chi connectivity index (χ4n) is 1.53. The van der Waals surface area contributed by atoms with Gasteiger partial charge in [0.25, 0.3) is 0 Å². The Hall–Kier alpha value is -1.77. The highest BCUT2D eigenvalue weighted by Gasteiger charge is 2.37. The molecule has 0 aliphatic heterocycles. The Bertz CT molecular complexity index is 476. The van der Waals surface area contributed by atoms with Gasteiger partial charge >= 0.3 is 12.4 Å². The lowest BCUT2D eigenvalue weighted by Gasteiger charge is -2.16. The van der Waals surface area contributed by atoms with Gasteiger partial charge in [0.1, 0.15) is 6.04 Å². The summed E-state index contributed by atoms with van der Waals surface area (Å²) in [6, 6.07) is -0.399. The molecular weight excluding hydrogens is 292 g/mol. The van der Waals surface area contributed by atoms with Gasteiger partial charge in [0.05, 0.1) is 11.1 Å². The molecule has 3 nitrogen and oxygen atoms in total. The van der Waals surface area contributed by atoms with E-state index in [0.717, 1.165) is 0 Å². The van der Waals surface area contributed by atoms with Gasteiger partial charge in [-0.05, 0) is 18.2 Å². The maximum Gasteiger partial charge on any atom is 0.416 e. The predicted octanol–water partition coefficient (Wildman–Crippen LogP) is 1.15. The molecule has 20 heavy (non-hydrogen) atoms. The Morgan fingerprint density at radius 3 is 1.75 bits per heavy atom. The summed E-state index contributed by atoms with van der Waals surface area (Å²) in [6.45, 7) is 0. The molecule has 9 heteroatoms. The number of quaternary nitrogens is 1. The van der Waals surface area contributed by atoms with Gasteiger partial charge in [-0.3, -0.25) is 0 Å². The molecule has 0 fully saturated rings. The van der Waals surface area contributed by atoms with Crippen molar-refractivity contribution in [3.8, 4) is 0 Å². The summed E-state index contributed by atoms with van der Waals surface area (Å²) in [5.41, 5.74) is -0.233. The fourth-order valence-corrected chi connectivity index (χ4v) is 1.53. The number of carboxylic acids is 1. The molecular formula is C11H9F6NO2. The van der Waals surface area contributed by atoms with E-state index in [1.54, 1.807) is 0 Å². The Balaban J connectivity index is 3.34. The van der Waals surface area contributed by atoms with Crippen LogP contribution in [0.25, 0.3) is 0 Å². The maximum atomic E-state index is 12.5. The lowest BCUT2D eigenvalue weighted by Crippen LogP contribution is -2.55. The number of hydrogen-bond acceptors (Lipinski definition) is 2. The highest BCUT2D eigenvalue weighted by Crippen LogP contribution is 2.37. The normalized spacial score (nSPS) is 14.2. The molecule has 1 aromatic rings. The molecule has 0 bridgehead atoms. The summed E-state index contributed by atoms with van der Waals surface area (Å²) < 4.78 is 75.3. The van der Waals surface area contributed by atoms with Gasteiger partial charge in [-0.15, -0.1) is 0 Å². The maximum absolute atomic E-state index is 12.5.